The summed E-state index contributed by atoms with van der Waals surface area (Å²) >= 11 is 21.0. The molecule has 0 aliphatic carbocycles. The molecular formula is C94H108F2O3S12. The summed E-state index contributed by atoms with van der Waals surface area (Å²) in [7, 11) is 0. The Morgan fingerprint density at radius 3 is 1.11 bits per heavy atom. The van der Waals surface area contributed by atoms with Gasteiger partial charge in [0.15, 0.2) is 17.4 Å². The van der Waals surface area contributed by atoms with Gasteiger partial charge in [-0.3, -0.25) is 4.79 Å². The molecule has 0 radical (unpaired) electrons. The Labute approximate surface area is 705 Å². The Morgan fingerprint density at radius 1 is 0.351 bits per heavy atom. The lowest BCUT2D eigenvalue weighted by Crippen LogP contribution is -2.14. The van der Waals surface area contributed by atoms with E-state index in [2.05, 4.69) is 156 Å². The molecule has 2 aromatic carbocycles. The number of esters is 1. The summed E-state index contributed by atoms with van der Waals surface area (Å²) in [6, 6.07) is 28.7. The Balaban J connectivity index is 1.02. The van der Waals surface area contributed by atoms with Crippen LogP contribution >= 0.6 is 136 Å². The molecule has 0 amide bonds. The first-order chi connectivity index (χ1) is 54.0. The number of rotatable bonds is 40. The zero-order chi connectivity index (χ0) is 77.9. The topological polar surface area (TPSA) is 43.4 Å². The number of aryl methyl sites for hydroxylation is 2. The Bertz CT molecular complexity index is 5340. The van der Waals surface area contributed by atoms with Crippen LogP contribution in [0.15, 0.2) is 72.8 Å². The molecule has 588 valence electrons. The van der Waals surface area contributed by atoms with Crippen LogP contribution in [0.3, 0.4) is 0 Å². The van der Waals surface area contributed by atoms with Crippen LogP contribution in [0.2, 0.25) is 0 Å². The van der Waals surface area contributed by atoms with Crippen LogP contribution in [0.25, 0.3) is 132 Å². The van der Waals surface area contributed by atoms with Crippen molar-refractivity contribution in [3.8, 4) is 71.0 Å². The molecule has 0 bridgehead atoms. The average molecular weight is 1710 g/mol. The summed E-state index contributed by atoms with van der Waals surface area (Å²) in [4.78, 5) is 47.9. The van der Waals surface area contributed by atoms with Gasteiger partial charge in [0, 0.05) is 143 Å². The van der Waals surface area contributed by atoms with Crippen molar-refractivity contribution in [1.29, 1.82) is 0 Å². The molecule has 12 heterocycles. The first-order valence-corrected chi connectivity index (χ1v) is 51.4. The van der Waals surface area contributed by atoms with Crippen LogP contribution < -0.4 is 0 Å². The fourth-order valence-corrected chi connectivity index (χ4v) is 31.9. The van der Waals surface area contributed by atoms with E-state index in [0.29, 0.717) is 47.3 Å². The van der Waals surface area contributed by atoms with Crippen molar-refractivity contribution in [2.24, 2.45) is 29.6 Å². The number of hydrogen-bond acceptors (Lipinski definition) is 15. The van der Waals surface area contributed by atoms with Gasteiger partial charge in [0.1, 0.15) is 9.75 Å². The van der Waals surface area contributed by atoms with E-state index in [-0.39, 0.29) is 33.9 Å². The quantitative estimate of drug-likeness (QED) is 0.0284. The molecule has 111 heavy (non-hydrogen) atoms. The summed E-state index contributed by atoms with van der Waals surface area (Å²) in [5, 5.41) is 5.85. The SMILES string of the molecule is CCCCC(CC)Cc1ccc(-c2c3cc(-c4sc(-c5cc6c(-c7ccc(CC(CC)CCCC)s7)c7sc(-c8sc(C)c9sc(C(=O)C(CC)CCCC)c(F)c89)cc7c(-c7ccc(CC(CC)CCCC)s7)c6s5)c5sc(C(=O)OCCC)c(F)c45)sc3c(-c3ccc(CC(CC)CCCC)s3)c3cc(C)sc23)s1. The molecule has 5 unspecified atom stereocenters. The highest BCUT2D eigenvalue weighted by atomic mass is 32.1. The lowest BCUT2D eigenvalue weighted by Gasteiger charge is -2.13. The lowest BCUT2D eigenvalue weighted by molar-refractivity contribution is 0.0506. The summed E-state index contributed by atoms with van der Waals surface area (Å²) in [5.41, 5.74) is 4.89. The highest BCUT2D eigenvalue weighted by Gasteiger charge is 2.35. The minimum atomic E-state index is -0.615. The van der Waals surface area contributed by atoms with Gasteiger partial charge in [-0.1, -0.05) is 192 Å². The van der Waals surface area contributed by atoms with Crippen molar-refractivity contribution in [1.82, 2.24) is 0 Å². The minimum Gasteiger partial charge on any atom is -0.461 e. The zero-order valence-corrected chi connectivity index (χ0v) is 76.9. The monoisotopic (exact) mass is 1710 g/mol. The van der Waals surface area contributed by atoms with Gasteiger partial charge in [0.2, 0.25) is 0 Å². The molecule has 3 nitrogen and oxygen atoms in total. The first kappa shape index (κ1) is 82.9. The summed E-state index contributed by atoms with van der Waals surface area (Å²) in [6.45, 7) is 29.3. The maximum atomic E-state index is 18.6. The van der Waals surface area contributed by atoms with Crippen LogP contribution in [0.5, 0.6) is 0 Å². The van der Waals surface area contributed by atoms with Gasteiger partial charge < -0.3 is 4.74 Å². The van der Waals surface area contributed by atoms with Crippen molar-refractivity contribution < 1.29 is 23.1 Å². The molecule has 17 heteroatoms. The van der Waals surface area contributed by atoms with E-state index in [0.717, 1.165) is 130 Å². The number of thiophene rings is 12. The van der Waals surface area contributed by atoms with Gasteiger partial charge in [-0.25, -0.2) is 13.6 Å². The highest BCUT2D eigenvalue weighted by molar-refractivity contribution is 7.36. The predicted octanol–water partition coefficient (Wildman–Crippen LogP) is 35.9. The van der Waals surface area contributed by atoms with E-state index in [4.69, 9.17) is 4.74 Å². The lowest BCUT2D eigenvalue weighted by atomic mass is 9.93. The third-order valence-electron chi connectivity index (χ3n) is 23.2. The largest absolute Gasteiger partial charge is 0.461 e. The number of halogens is 2. The number of ketones is 1. The van der Waals surface area contributed by atoms with Gasteiger partial charge in [-0.05, 0) is 155 Å². The van der Waals surface area contributed by atoms with Crippen molar-refractivity contribution >= 4 is 208 Å². The Kier molecular flexibility index (Phi) is 27.9. The third-order valence-corrected chi connectivity index (χ3v) is 37.8. The van der Waals surface area contributed by atoms with Crippen molar-refractivity contribution in [3.05, 3.63) is 123 Å². The molecule has 0 N–H and O–H groups in total. The summed E-state index contributed by atoms with van der Waals surface area (Å²) < 4.78 is 48.8. The van der Waals surface area contributed by atoms with E-state index in [1.807, 2.05) is 63.6 Å². The number of hydrogen-bond donors (Lipinski definition) is 0. The van der Waals surface area contributed by atoms with Crippen molar-refractivity contribution in [3.63, 3.8) is 0 Å². The standard InChI is InChI=1S/C94H108F2O3S12/c1-14-25-30-54(20-7)45-59-35-39-67(102-59)74-63-44-52(12)100-84(63)75(68-40-36-60(103-68)46-55(21-8)31-26-15-2)64-50-72(107-85(64)74)89-79-81(96)93(94(98)99-43-19-6)111-91(79)90(110-89)73-51-66-77(70-42-38-62(105-70)48-57(23-10)33-28-17-4)86-65(76(87(66)108-73)69-41-37-61(104-69)47-56(22-9)32-27-16-3)49-71(106-86)88-78-80(95)92(109-83(78)53(13)101-88)82(97)58(24-11)34-29-18-5/h35-42,44,49-51,54-58H,14-34,43,45-48H2,1-13H3. The van der Waals surface area contributed by atoms with Crippen LogP contribution in [0, 0.1) is 55.1 Å². The smallest absolute Gasteiger partial charge is 0.351 e. The first-order valence-electron chi connectivity index (χ1n) is 41.6. The maximum Gasteiger partial charge on any atom is 0.351 e. The van der Waals surface area contributed by atoms with E-state index in [1.165, 1.54) is 191 Å². The second kappa shape index (κ2) is 37.3. The molecule has 0 aliphatic rings. The Hall–Kier alpha value is -4.60. The van der Waals surface area contributed by atoms with Gasteiger partial charge in [0.05, 0.1) is 30.6 Å². The number of carbonyl (C=O) groups excluding carboxylic acids is 2. The molecule has 0 fully saturated rings. The molecule has 12 aromatic heterocycles. The van der Waals surface area contributed by atoms with Crippen LogP contribution in [0.4, 0.5) is 8.78 Å². The minimum absolute atomic E-state index is 0.0210. The molecule has 0 saturated carbocycles. The van der Waals surface area contributed by atoms with Crippen LogP contribution in [0.1, 0.15) is 260 Å². The molecule has 0 saturated heterocycles. The second-order valence-corrected chi connectivity index (χ2v) is 44.5. The zero-order valence-electron chi connectivity index (χ0n) is 67.1. The Morgan fingerprint density at radius 2 is 0.712 bits per heavy atom. The number of unbranched alkanes of at least 4 members (excludes halogenated alkanes) is 5. The van der Waals surface area contributed by atoms with Crippen LogP contribution in [-0.4, -0.2) is 18.4 Å². The van der Waals surface area contributed by atoms with Crippen molar-refractivity contribution in [2.75, 3.05) is 6.61 Å². The van der Waals surface area contributed by atoms with Gasteiger partial charge in [0.25, 0.3) is 0 Å². The number of Topliss-reactive ketones (excluding diaryl/α,β-unsaturated/α-hetero) is 1. The van der Waals surface area contributed by atoms with Gasteiger partial charge in [-0.2, -0.15) is 0 Å². The fraction of sp³-hybridized carbons (Fsp3) is 0.468. The van der Waals surface area contributed by atoms with E-state index in [9.17, 15) is 9.59 Å². The number of ether oxygens (including phenoxy) is 1. The van der Waals surface area contributed by atoms with E-state index >= 15 is 8.78 Å². The second-order valence-electron chi connectivity index (χ2n) is 31.1. The van der Waals surface area contributed by atoms with E-state index in [1.54, 1.807) is 56.7 Å². The number of benzene rings is 2. The average Bonchev–Trinajstić information content (AvgIpc) is 1.55. The maximum absolute atomic E-state index is 18.6. The predicted molar refractivity (Wildman–Crippen MR) is 500 cm³/mol. The van der Waals surface area contributed by atoms with Gasteiger partial charge in [-0.15, -0.1) is 136 Å². The van der Waals surface area contributed by atoms with Gasteiger partial charge >= 0.3 is 5.97 Å². The molecular weight excluding hydrogens is 1600 g/mol. The van der Waals surface area contributed by atoms with Crippen molar-refractivity contribution in [2.45, 2.75) is 251 Å². The van der Waals surface area contributed by atoms with Crippen LogP contribution in [-0.2, 0) is 30.4 Å². The highest BCUT2D eigenvalue weighted by Crippen LogP contribution is 2.61. The normalized spacial score (nSPS) is 13.6. The molecule has 14 rings (SSSR count). The molecule has 14 aromatic rings. The number of carbonyl (C=O) groups is 2. The molecule has 0 spiro atoms. The summed E-state index contributed by atoms with van der Waals surface area (Å²) in [6.07, 6.45) is 27.4. The third kappa shape index (κ3) is 17.0. The number of fused-ring (bicyclic) bond motifs is 6. The molecule has 0 aliphatic heterocycles. The molecule has 5 atom stereocenters. The van der Waals surface area contributed by atoms with E-state index < -0.39 is 11.8 Å². The fourth-order valence-electron chi connectivity index (χ4n) is 16.7. The summed E-state index contributed by atoms with van der Waals surface area (Å²) in [5.74, 6) is 0.687.